The monoisotopic (exact) mass is 226 g/mol. The first kappa shape index (κ1) is 12.3. The van der Waals surface area contributed by atoms with Crippen molar-refractivity contribution in [1.29, 1.82) is 0 Å². The number of phenols is 1. The number of carboxylic acids is 1. The van der Waals surface area contributed by atoms with Gasteiger partial charge in [-0.15, -0.1) is 0 Å². The van der Waals surface area contributed by atoms with Crippen molar-refractivity contribution in [3.63, 3.8) is 0 Å². The summed E-state index contributed by atoms with van der Waals surface area (Å²) >= 11 is 0. The fourth-order valence-corrected chi connectivity index (χ4v) is 1.33. The number of anilines is 1. The molecule has 0 unspecified atom stereocenters. The first-order valence-corrected chi connectivity index (χ1v) is 4.55. The summed E-state index contributed by atoms with van der Waals surface area (Å²) in [5.41, 5.74) is 10.1. The highest BCUT2D eigenvalue weighted by Crippen LogP contribution is 2.31. The fourth-order valence-electron chi connectivity index (χ4n) is 1.33. The van der Waals surface area contributed by atoms with Gasteiger partial charge in [0, 0.05) is 11.3 Å². The highest BCUT2D eigenvalue weighted by atomic mass is 16.4. The molecule has 0 aliphatic carbocycles. The molecule has 0 saturated heterocycles. The smallest absolute Gasteiger partial charge is 0.337 e. The summed E-state index contributed by atoms with van der Waals surface area (Å²) in [7, 11) is 0. The minimum Gasteiger partial charge on any atom is -0.508 e. The van der Waals surface area contributed by atoms with Gasteiger partial charge in [-0.1, -0.05) is 0 Å². The molecule has 1 aromatic carbocycles. The Kier molecular flexibility index (Phi) is 3.06. The number of hydrogen-bond acceptors (Lipinski definition) is 5. The minimum absolute atomic E-state index is 0.00887. The molecule has 1 rings (SSSR count). The van der Waals surface area contributed by atoms with Crippen LogP contribution < -0.4 is 11.5 Å². The predicted molar refractivity (Wildman–Crippen MR) is 58.1 cm³/mol. The Labute approximate surface area is 92.1 Å². The van der Waals surface area contributed by atoms with Crippen LogP contribution >= 0.6 is 0 Å². The van der Waals surface area contributed by atoms with Crippen LogP contribution in [-0.4, -0.2) is 27.9 Å². The van der Waals surface area contributed by atoms with Crippen LogP contribution in [0.2, 0.25) is 0 Å². The predicted octanol–water partition coefficient (Wildman–Crippen LogP) is -0.161. The second-order valence-electron chi connectivity index (χ2n) is 3.84. The molecule has 0 fully saturated rings. The van der Waals surface area contributed by atoms with E-state index in [0.29, 0.717) is 0 Å². The molecule has 0 amide bonds. The largest absolute Gasteiger partial charge is 0.508 e. The third kappa shape index (κ3) is 2.07. The summed E-state index contributed by atoms with van der Waals surface area (Å²) in [4.78, 5) is 10.7. The van der Waals surface area contributed by atoms with Gasteiger partial charge in [0.15, 0.2) is 0 Å². The van der Waals surface area contributed by atoms with Gasteiger partial charge < -0.3 is 26.8 Å². The summed E-state index contributed by atoms with van der Waals surface area (Å²) in [5, 5.41) is 27.4. The van der Waals surface area contributed by atoms with E-state index in [4.69, 9.17) is 21.7 Å². The van der Waals surface area contributed by atoms with Crippen molar-refractivity contribution in [3.05, 3.63) is 23.3 Å². The Morgan fingerprint density at radius 3 is 2.50 bits per heavy atom. The number of benzene rings is 1. The number of phenolic OH excluding ortho intramolecular Hbond substituents is 1. The molecule has 7 N–H and O–H groups in total. The molecule has 0 aliphatic rings. The first-order valence-electron chi connectivity index (χ1n) is 4.55. The second-order valence-corrected chi connectivity index (χ2v) is 3.84. The van der Waals surface area contributed by atoms with Crippen molar-refractivity contribution < 1.29 is 20.1 Å². The third-order valence-corrected chi connectivity index (χ3v) is 2.34. The van der Waals surface area contributed by atoms with Crippen LogP contribution in [0.15, 0.2) is 12.1 Å². The third-order valence-electron chi connectivity index (χ3n) is 2.34. The summed E-state index contributed by atoms with van der Waals surface area (Å²) in [6.45, 7) is 1.11. The summed E-state index contributed by atoms with van der Waals surface area (Å²) < 4.78 is 0. The van der Waals surface area contributed by atoms with Gasteiger partial charge in [-0.05, 0) is 19.1 Å². The lowest BCUT2D eigenvalue weighted by molar-refractivity contribution is 0.0697. The van der Waals surface area contributed by atoms with Crippen LogP contribution in [0.25, 0.3) is 0 Å². The molecule has 0 saturated carbocycles. The van der Waals surface area contributed by atoms with Crippen molar-refractivity contribution in [2.24, 2.45) is 5.73 Å². The van der Waals surface area contributed by atoms with Crippen molar-refractivity contribution >= 4 is 11.7 Å². The Hall–Kier alpha value is -1.79. The number of rotatable bonds is 3. The van der Waals surface area contributed by atoms with Gasteiger partial charge in [0.2, 0.25) is 0 Å². The maximum Gasteiger partial charge on any atom is 0.337 e. The summed E-state index contributed by atoms with van der Waals surface area (Å²) in [5.74, 6) is -1.53. The zero-order chi connectivity index (χ0) is 12.5. The van der Waals surface area contributed by atoms with E-state index in [-0.39, 0.29) is 22.6 Å². The number of aromatic carboxylic acids is 1. The molecule has 0 aromatic heterocycles. The number of nitrogens with two attached hydrogens (primary N) is 2. The topological polar surface area (TPSA) is 130 Å². The van der Waals surface area contributed by atoms with E-state index in [1.807, 2.05) is 0 Å². The Bertz CT molecular complexity index is 429. The van der Waals surface area contributed by atoms with Gasteiger partial charge in [0.25, 0.3) is 0 Å². The SMILES string of the molecule is C[C@](N)(CO)c1cc(N)c(C(=O)O)cc1O. The highest BCUT2D eigenvalue weighted by molar-refractivity contribution is 5.94. The van der Waals surface area contributed by atoms with E-state index in [9.17, 15) is 9.90 Å². The lowest BCUT2D eigenvalue weighted by atomic mass is 9.91. The maximum absolute atomic E-state index is 10.7. The number of nitrogen functional groups attached to an aromatic ring is 1. The fraction of sp³-hybridized carbons (Fsp3) is 0.300. The van der Waals surface area contributed by atoms with E-state index in [2.05, 4.69) is 0 Å². The number of carboxylic acid groups (broad SMARTS) is 1. The van der Waals surface area contributed by atoms with Crippen molar-refractivity contribution in [1.82, 2.24) is 0 Å². The zero-order valence-electron chi connectivity index (χ0n) is 8.77. The van der Waals surface area contributed by atoms with Crippen molar-refractivity contribution in [3.8, 4) is 5.75 Å². The number of aromatic hydroxyl groups is 1. The molecule has 0 aliphatic heterocycles. The van der Waals surface area contributed by atoms with E-state index >= 15 is 0 Å². The summed E-state index contributed by atoms with van der Waals surface area (Å²) in [6.07, 6.45) is 0. The maximum atomic E-state index is 10.7. The average Bonchev–Trinajstić information content (AvgIpc) is 2.20. The first-order chi connectivity index (χ1) is 7.29. The van der Waals surface area contributed by atoms with E-state index in [1.54, 1.807) is 0 Å². The van der Waals surface area contributed by atoms with Gasteiger partial charge in [-0.3, -0.25) is 0 Å². The van der Waals surface area contributed by atoms with Crippen LogP contribution in [0, 0.1) is 0 Å². The molecule has 1 atom stereocenters. The molecule has 88 valence electrons. The summed E-state index contributed by atoms with van der Waals surface area (Å²) in [6, 6.07) is 2.28. The van der Waals surface area contributed by atoms with Crippen LogP contribution in [-0.2, 0) is 5.54 Å². The van der Waals surface area contributed by atoms with Crippen LogP contribution in [0.4, 0.5) is 5.69 Å². The van der Waals surface area contributed by atoms with Crippen LogP contribution in [0.3, 0.4) is 0 Å². The number of carbonyl (C=O) groups is 1. The average molecular weight is 226 g/mol. The quantitative estimate of drug-likeness (QED) is 0.359. The lowest BCUT2D eigenvalue weighted by Gasteiger charge is -2.24. The van der Waals surface area contributed by atoms with Gasteiger partial charge in [-0.25, -0.2) is 4.79 Å². The molecule has 16 heavy (non-hydrogen) atoms. The van der Waals surface area contributed by atoms with Gasteiger partial charge >= 0.3 is 5.97 Å². The Morgan fingerprint density at radius 2 is 2.06 bits per heavy atom. The molecule has 0 radical (unpaired) electrons. The van der Waals surface area contributed by atoms with Crippen LogP contribution in [0.1, 0.15) is 22.8 Å². The van der Waals surface area contributed by atoms with E-state index in [0.717, 1.165) is 6.07 Å². The molecule has 6 nitrogen and oxygen atoms in total. The molecule has 0 bridgehead atoms. The van der Waals surface area contributed by atoms with Gasteiger partial charge in [0.05, 0.1) is 17.7 Å². The van der Waals surface area contributed by atoms with Crippen molar-refractivity contribution in [2.75, 3.05) is 12.3 Å². The minimum atomic E-state index is -1.23. The normalized spacial score (nSPS) is 14.4. The standard InChI is InChI=1S/C10H14N2O4/c1-10(12,4-13)6-3-7(11)5(9(15)16)2-8(6)14/h2-3,13-14H,4,11-12H2,1H3,(H,15,16)/t10-/m0/s1. The number of aliphatic hydroxyl groups excluding tert-OH is 1. The Morgan fingerprint density at radius 1 is 1.50 bits per heavy atom. The van der Waals surface area contributed by atoms with E-state index < -0.39 is 18.1 Å². The highest BCUT2D eigenvalue weighted by Gasteiger charge is 2.25. The van der Waals surface area contributed by atoms with Crippen molar-refractivity contribution in [2.45, 2.75) is 12.5 Å². The number of aliphatic hydroxyl groups is 1. The zero-order valence-corrected chi connectivity index (χ0v) is 8.77. The molecule has 1 aromatic rings. The molecular formula is C10H14N2O4. The lowest BCUT2D eigenvalue weighted by Crippen LogP contribution is -2.37. The number of hydrogen-bond donors (Lipinski definition) is 5. The molecule has 0 spiro atoms. The second kappa shape index (κ2) is 3.99. The Balaban J connectivity index is 3.37. The molecular weight excluding hydrogens is 212 g/mol. The van der Waals surface area contributed by atoms with Gasteiger partial charge in [0.1, 0.15) is 5.75 Å². The molecule has 0 heterocycles. The molecule has 6 heteroatoms. The van der Waals surface area contributed by atoms with Crippen LogP contribution in [0.5, 0.6) is 5.75 Å². The van der Waals surface area contributed by atoms with E-state index in [1.165, 1.54) is 13.0 Å². The van der Waals surface area contributed by atoms with Gasteiger partial charge in [-0.2, -0.15) is 0 Å².